The summed E-state index contributed by atoms with van der Waals surface area (Å²) in [5.41, 5.74) is 1.70. The van der Waals surface area contributed by atoms with Crippen LogP contribution in [0.1, 0.15) is 18.7 Å². The highest BCUT2D eigenvalue weighted by atomic mass is 31.2. The summed E-state index contributed by atoms with van der Waals surface area (Å²) in [5.74, 6) is 0.225. The van der Waals surface area contributed by atoms with Gasteiger partial charge in [-0.3, -0.25) is 18.9 Å². The van der Waals surface area contributed by atoms with E-state index < -0.39 is 44.7 Å². The predicted octanol–water partition coefficient (Wildman–Crippen LogP) is 2.45. The standard InChI is InChI=1S/C23H27N6O8P/c1-3-24-23(30)28-20-17-21(26-12-25-20)29(13-27-17)22-19-18(15(35-22)11-34-38(31,32)33-2)36-16(37-19)10-9-14-7-5-4-6-8-14/h4-10,12-13,15-16,18-19,22H,3,11H2,1-2H3,(H,31,32)(H2,24,25,26,28,30)/b10-9+/t15-,16+,18?,19+,22-/m1/s1. The number of rotatable bonds is 9. The zero-order valence-electron chi connectivity index (χ0n) is 20.5. The number of carbonyl (C=O) groups excluding carboxylic acids is 1. The zero-order chi connectivity index (χ0) is 26.7. The van der Waals surface area contributed by atoms with Gasteiger partial charge in [0.25, 0.3) is 0 Å². The Hall–Kier alpha value is -3.23. The Morgan fingerprint density at radius 3 is 2.74 bits per heavy atom. The molecular formula is C23H27N6O8P. The second-order valence-electron chi connectivity index (χ2n) is 8.38. The third kappa shape index (κ3) is 5.61. The van der Waals surface area contributed by atoms with Crippen LogP contribution in [0.15, 0.2) is 49.1 Å². The molecule has 15 heteroatoms. The highest BCUT2D eigenvalue weighted by molar-refractivity contribution is 7.47. The van der Waals surface area contributed by atoms with Gasteiger partial charge >= 0.3 is 13.9 Å². The van der Waals surface area contributed by atoms with Gasteiger partial charge < -0.3 is 24.4 Å². The van der Waals surface area contributed by atoms with Gasteiger partial charge in [0.15, 0.2) is 29.5 Å². The summed E-state index contributed by atoms with van der Waals surface area (Å²) >= 11 is 0. The predicted molar refractivity (Wildman–Crippen MR) is 134 cm³/mol. The highest BCUT2D eigenvalue weighted by Crippen LogP contribution is 2.45. The number of urea groups is 1. The van der Waals surface area contributed by atoms with Crippen molar-refractivity contribution in [2.45, 2.75) is 37.8 Å². The Bertz CT molecular complexity index is 1350. The minimum absolute atomic E-state index is 0.225. The van der Waals surface area contributed by atoms with Crippen molar-refractivity contribution in [2.24, 2.45) is 0 Å². The lowest BCUT2D eigenvalue weighted by atomic mass is 10.1. The zero-order valence-corrected chi connectivity index (χ0v) is 21.4. The molecule has 1 aromatic carbocycles. The number of aromatic nitrogens is 4. The second kappa shape index (κ2) is 11.3. The number of hydrogen-bond acceptors (Lipinski definition) is 10. The van der Waals surface area contributed by atoms with E-state index in [9.17, 15) is 14.3 Å². The Morgan fingerprint density at radius 1 is 1.18 bits per heavy atom. The van der Waals surface area contributed by atoms with Crippen molar-refractivity contribution in [1.29, 1.82) is 0 Å². The maximum absolute atomic E-state index is 12.0. The van der Waals surface area contributed by atoms with E-state index in [0.717, 1.165) is 12.7 Å². The first-order chi connectivity index (χ1) is 18.4. The number of ether oxygens (including phenoxy) is 3. The topological polar surface area (TPSA) is 168 Å². The molecular weight excluding hydrogens is 519 g/mol. The summed E-state index contributed by atoms with van der Waals surface area (Å²) in [7, 11) is -3.18. The Labute approximate surface area is 217 Å². The van der Waals surface area contributed by atoms with Gasteiger partial charge in [0.1, 0.15) is 24.6 Å². The van der Waals surface area contributed by atoms with Gasteiger partial charge in [0.2, 0.25) is 0 Å². The number of nitrogens with zero attached hydrogens (tertiary/aromatic N) is 4. The molecule has 2 aromatic heterocycles. The van der Waals surface area contributed by atoms with Crippen LogP contribution < -0.4 is 10.6 Å². The molecule has 0 saturated carbocycles. The number of benzene rings is 1. The maximum Gasteiger partial charge on any atom is 0.472 e. The number of phosphoric acid groups is 1. The summed E-state index contributed by atoms with van der Waals surface area (Å²) in [5, 5.41) is 5.29. The van der Waals surface area contributed by atoms with Gasteiger partial charge in [0, 0.05) is 13.7 Å². The van der Waals surface area contributed by atoms with Gasteiger partial charge in [-0.05, 0) is 18.6 Å². The molecule has 4 heterocycles. The van der Waals surface area contributed by atoms with Crippen molar-refractivity contribution in [3.8, 4) is 0 Å². The molecule has 38 heavy (non-hydrogen) atoms. The Balaban J connectivity index is 1.41. The molecule has 0 bridgehead atoms. The summed E-state index contributed by atoms with van der Waals surface area (Å²) in [4.78, 5) is 34.6. The second-order valence-corrected chi connectivity index (χ2v) is 9.94. The molecule has 3 N–H and O–H groups in total. The lowest BCUT2D eigenvalue weighted by Crippen LogP contribution is -2.31. The van der Waals surface area contributed by atoms with Crippen LogP contribution in [0, 0.1) is 0 Å². The molecule has 14 nitrogen and oxygen atoms in total. The van der Waals surface area contributed by atoms with Crippen LogP contribution in [0.3, 0.4) is 0 Å². The fourth-order valence-electron chi connectivity index (χ4n) is 4.22. The van der Waals surface area contributed by atoms with E-state index in [-0.39, 0.29) is 12.4 Å². The van der Waals surface area contributed by atoms with Gasteiger partial charge in [-0.15, -0.1) is 0 Å². The molecule has 0 aliphatic carbocycles. The quantitative estimate of drug-likeness (QED) is 0.337. The molecule has 5 rings (SSSR count). The summed E-state index contributed by atoms with van der Waals surface area (Å²) in [6.45, 7) is 1.95. The van der Waals surface area contributed by atoms with Gasteiger partial charge in [-0.1, -0.05) is 36.4 Å². The summed E-state index contributed by atoms with van der Waals surface area (Å²) in [6.07, 6.45) is 2.90. The van der Waals surface area contributed by atoms with Crippen LogP contribution in [0.2, 0.25) is 0 Å². The van der Waals surface area contributed by atoms with Crippen molar-refractivity contribution in [2.75, 3.05) is 25.6 Å². The highest BCUT2D eigenvalue weighted by Gasteiger charge is 2.54. The molecule has 202 valence electrons. The van der Waals surface area contributed by atoms with Gasteiger partial charge in [-0.25, -0.2) is 24.3 Å². The van der Waals surface area contributed by atoms with Crippen LogP contribution in [-0.2, 0) is 27.8 Å². The Morgan fingerprint density at radius 2 is 1.97 bits per heavy atom. The van der Waals surface area contributed by atoms with E-state index in [1.807, 2.05) is 36.4 Å². The summed E-state index contributed by atoms with van der Waals surface area (Å²) in [6, 6.07) is 9.23. The molecule has 2 saturated heterocycles. The number of fused-ring (bicyclic) bond motifs is 2. The smallest absolute Gasteiger partial charge is 0.347 e. The lowest BCUT2D eigenvalue weighted by molar-refractivity contribution is -0.132. The van der Waals surface area contributed by atoms with Crippen LogP contribution in [0.4, 0.5) is 10.6 Å². The van der Waals surface area contributed by atoms with E-state index in [4.69, 9.17) is 18.7 Å². The van der Waals surface area contributed by atoms with Gasteiger partial charge in [0.05, 0.1) is 12.9 Å². The number of phosphoric ester groups is 1. The number of amides is 2. The first-order valence-electron chi connectivity index (χ1n) is 11.8. The van der Waals surface area contributed by atoms with Crippen LogP contribution in [-0.4, -0.2) is 75.3 Å². The maximum atomic E-state index is 12.0. The molecule has 0 radical (unpaired) electrons. The van der Waals surface area contributed by atoms with Crippen LogP contribution >= 0.6 is 7.82 Å². The molecule has 2 unspecified atom stereocenters. The van der Waals surface area contributed by atoms with Gasteiger partial charge in [-0.2, -0.15) is 0 Å². The number of hydrogen-bond donors (Lipinski definition) is 3. The van der Waals surface area contributed by atoms with Crippen molar-refractivity contribution < 1.29 is 37.5 Å². The molecule has 2 fully saturated rings. The van der Waals surface area contributed by atoms with E-state index in [0.29, 0.717) is 17.7 Å². The minimum atomic E-state index is -4.25. The van der Waals surface area contributed by atoms with Crippen molar-refractivity contribution >= 4 is 36.9 Å². The minimum Gasteiger partial charge on any atom is -0.347 e. The number of nitrogens with one attached hydrogen (secondary N) is 2. The molecule has 3 aromatic rings. The molecule has 2 aliphatic rings. The summed E-state index contributed by atoms with van der Waals surface area (Å²) < 4.78 is 41.6. The van der Waals surface area contributed by atoms with E-state index >= 15 is 0 Å². The third-order valence-corrected chi connectivity index (χ3v) is 6.89. The average molecular weight is 546 g/mol. The van der Waals surface area contributed by atoms with Crippen molar-refractivity contribution in [1.82, 2.24) is 24.8 Å². The van der Waals surface area contributed by atoms with E-state index in [1.54, 1.807) is 17.6 Å². The lowest BCUT2D eigenvalue weighted by Gasteiger charge is -2.20. The average Bonchev–Trinajstić information content (AvgIpc) is 3.61. The molecule has 2 aliphatic heterocycles. The van der Waals surface area contributed by atoms with Crippen molar-refractivity contribution in [3.63, 3.8) is 0 Å². The first kappa shape index (κ1) is 26.4. The third-order valence-electron chi connectivity index (χ3n) is 5.95. The van der Waals surface area contributed by atoms with E-state index in [1.165, 1.54) is 12.7 Å². The molecule has 0 spiro atoms. The number of carbonyl (C=O) groups is 1. The number of imidazole rings is 1. The van der Waals surface area contributed by atoms with Crippen molar-refractivity contribution in [3.05, 3.63) is 54.6 Å². The first-order valence-corrected chi connectivity index (χ1v) is 13.3. The SMILES string of the molecule is CCNC(=O)Nc1ncnc2c1ncn2[C@@H]1O[C@H](COP(=O)(O)OC)C2O[C@H](/C=C/c3ccccc3)O[C@@H]21. The fourth-order valence-corrected chi connectivity index (χ4v) is 4.66. The number of anilines is 1. The van der Waals surface area contributed by atoms with Crippen LogP contribution in [0.5, 0.6) is 0 Å². The normalized spacial score (nSPS) is 26.4. The Kier molecular flexibility index (Phi) is 7.81. The molecule has 6 atom stereocenters. The largest absolute Gasteiger partial charge is 0.472 e. The van der Waals surface area contributed by atoms with E-state index in [2.05, 4.69) is 30.1 Å². The monoisotopic (exact) mass is 546 g/mol. The fraction of sp³-hybridized carbons (Fsp3) is 0.391. The van der Waals surface area contributed by atoms with Crippen LogP contribution in [0.25, 0.3) is 17.2 Å². The molecule has 2 amide bonds.